The molecule has 0 aliphatic heterocycles. The molecule has 0 aliphatic carbocycles. The lowest BCUT2D eigenvalue weighted by atomic mass is 10.2. The fourth-order valence-electron chi connectivity index (χ4n) is 1.56. The van der Waals surface area contributed by atoms with Crippen LogP contribution in [0.2, 0.25) is 0 Å². The molecule has 0 heterocycles. The van der Waals surface area contributed by atoms with Crippen LogP contribution in [0.3, 0.4) is 0 Å². The Morgan fingerprint density at radius 2 is 2.17 bits per heavy atom. The second kappa shape index (κ2) is 7.66. The quantitative estimate of drug-likeness (QED) is 0.765. The number of carbonyl (C=O) groups excluding carboxylic acids is 1. The molecule has 0 atom stereocenters. The topological polar surface area (TPSA) is 58.4 Å². The van der Waals surface area contributed by atoms with Gasteiger partial charge < -0.3 is 16.0 Å². The van der Waals surface area contributed by atoms with Crippen molar-refractivity contribution in [2.24, 2.45) is 5.73 Å². The molecule has 0 aliphatic rings. The van der Waals surface area contributed by atoms with Crippen molar-refractivity contribution in [2.45, 2.75) is 19.3 Å². The van der Waals surface area contributed by atoms with Crippen LogP contribution in [0.5, 0.6) is 0 Å². The second-order valence-electron chi connectivity index (χ2n) is 4.21. The Hall–Kier alpha value is -1.62. The Kier molecular flexibility index (Phi) is 6.14. The molecule has 0 radical (unpaired) electrons. The highest BCUT2D eigenvalue weighted by Crippen LogP contribution is 2.09. The van der Waals surface area contributed by atoms with Gasteiger partial charge in [-0.05, 0) is 37.6 Å². The van der Waals surface area contributed by atoms with E-state index in [1.54, 1.807) is 24.1 Å². The van der Waals surface area contributed by atoms with E-state index >= 15 is 0 Å². The highest BCUT2D eigenvalue weighted by molar-refractivity contribution is 5.89. The van der Waals surface area contributed by atoms with Gasteiger partial charge in [0.25, 0.3) is 0 Å². The largest absolute Gasteiger partial charge is 0.330 e. The van der Waals surface area contributed by atoms with Gasteiger partial charge in [0.1, 0.15) is 5.82 Å². The van der Waals surface area contributed by atoms with Crippen LogP contribution in [0.1, 0.15) is 19.3 Å². The van der Waals surface area contributed by atoms with Gasteiger partial charge in [0.15, 0.2) is 0 Å². The molecular weight excluding hydrogens is 233 g/mol. The minimum Gasteiger partial charge on any atom is -0.330 e. The Morgan fingerprint density at radius 3 is 2.83 bits per heavy atom. The number of halogens is 1. The SMILES string of the molecule is CN(CCCCCN)C(=O)Nc1cccc(F)c1. The zero-order valence-corrected chi connectivity index (χ0v) is 10.7. The number of hydrogen-bond donors (Lipinski definition) is 2. The van der Waals surface area contributed by atoms with Crippen LogP contribution in [0.15, 0.2) is 24.3 Å². The minimum absolute atomic E-state index is 0.228. The summed E-state index contributed by atoms with van der Waals surface area (Å²) < 4.78 is 12.9. The number of carbonyl (C=O) groups is 1. The van der Waals surface area contributed by atoms with E-state index in [2.05, 4.69) is 5.32 Å². The predicted octanol–water partition coefficient (Wildman–Crippen LogP) is 2.42. The molecule has 1 rings (SSSR count). The van der Waals surface area contributed by atoms with Gasteiger partial charge in [-0.25, -0.2) is 9.18 Å². The van der Waals surface area contributed by atoms with Crippen molar-refractivity contribution >= 4 is 11.7 Å². The van der Waals surface area contributed by atoms with Crippen molar-refractivity contribution in [3.63, 3.8) is 0 Å². The van der Waals surface area contributed by atoms with Gasteiger partial charge in [-0.3, -0.25) is 0 Å². The molecule has 2 amide bonds. The molecule has 5 heteroatoms. The smallest absolute Gasteiger partial charge is 0.321 e. The average molecular weight is 253 g/mol. The van der Waals surface area contributed by atoms with Gasteiger partial charge in [-0.15, -0.1) is 0 Å². The first-order chi connectivity index (χ1) is 8.63. The number of benzene rings is 1. The van der Waals surface area contributed by atoms with Crippen LogP contribution in [0.4, 0.5) is 14.9 Å². The van der Waals surface area contributed by atoms with E-state index < -0.39 is 0 Å². The number of urea groups is 1. The molecule has 1 aromatic carbocycles. The summed E-state index contributed by atoms with van der Waals surface area (Å²) in [5.74, 6) is -0.363. The molecule has 4 nitrogen and oxygen atoms in total. The van der Waals surface area contributed by atoms with Gasteiger partial charge in [-0.1, -0.05) is 12.5 Å². The summed E-state index contributed by atoms with van der Waals surface area (Å²) in [6.07, 6.45) is 2.90. The number of amides is 2. The first kappa shape index (κ1) is 14.4. The molecule has 0 saturated carbocycles. The van der Waals surface area contributed by atoms with E-state index in [0.29, 0.717) is 18.8 Å². The van der Waals surface area contributed by atoms with Crippen molar-refractivity contribution in [1.82, 2.24) is 4.90 Å². The molecule has 0 bridgehead atoms. The lowest BCUT2D eigenvalue weighted by molar-refractivity contribution is 0.221. The first-order valence-corrected chi connectivity index (χ1v) is 6.11. The molecule has 100 valence electrons. The highest BCUT2D eigenvalue weighted by atomic mass is 19.1. The summed E-state index contributed by atoms with van der Waals surface area (Å²) in [4.78, 5) is 13.3. The number of rotatable bonds is 6. The van der Waals surface area contributed by atoms with Crippen LogP contribution in [-0.4, -0.2) is 31.1 Å². The zero-order chi connectivity index (χ0) is 13.4. The standard InChI is InChI=1S/C13H20FN3O/c1-17(9-4-2-3-8-15)13(18)16-12-7-5-6-11(14)10-12/h5-7,10H,2-4,8-9,15H2,1H3,(H,16,18). The third-order valence-electron chi connectivity index (χ3n) is 2.62. The number of anilines is 1. The monoisotopic (exact) mass is 253 g/mol. The number of unbranched alkanes of at least 4 members (excludes halogenated alkanes) is 2. The summed E-state index contributed by atoms with van der Waals surface area (Å²) in [5.41, 5.74) is 5.86. The first-order valence-electron chi connectivity index (χ1n) is 6.11. The van der Waals surface area contributed by atoms with Crippen molar-refractivity contribution in [3.8, 4) is 0 Å². The van der Waals surface area contributed by atoms with Gasteiger partial charge in [0, 0.05) is 19.3 Å². The number of hydrogen-bond acceptors (Lipinski definition) is 2. The van der Waals surface area contributed by atoms with Crippen molar-refractivity contribution in [1.29, 1.82) is 0 Å². The lowest BCUT2D eigenvalue weighted by Gasteiger charge is -2.17. The van der Waals surface area contributed by atoms with Gasteiger partial charge in [-0.2, -0.15) is 0 Å². The van der Waals surface area contributed by atoms with E-state index in [0.717, 1.165) is 19.3 Å². The molecule has 0 fully saturated rings. The minimum atomic E-state index is -0.363. The third kappa shape index (κ3) is 5.14. The summed E-state index contributed by atoms with van der Waals surface area (Å²) in [7, 11) is 1.72. The molecule has 0 spiro atoms. The van der Waals surface area contributed by atoms with E-state index in [4.69, 9.17) is 5.73 Å². The highest BCUT2D eigenvalue weighted by Gasteiger charge is 2.08. The van der Waals surface area contributed by atoms with Gasteiger partial charge >= 0.3 is 6.03 Å². The van der Waals surface area contributed by atoms with Crippen LogP contribution in [0, 0.1) is 5.82 Å². The Labute approximate surface area is 107 Å². The van der Waals surface area contributed by atoms with Crippen LogP contribution in [-0.2, 0) is 0 Å². The Balaban J connectivity index is 2.35. The van der Waals surface area contributed by atoms with Crippen molar-refractivity contribution in [3.05, 3.63) is 30.1 Å². The third-order valence-corrected chi connectivity index (χ3v) is 2.62. The molecular formula is C13H20FN3O. The molecule has 3 N–H and O–H groups in total. The maximum Gasteiger partial charge on any atom is 0.321 e. The number of nitrogens with zero attached hydrogens (tertiary/aromatic N) is 1. The number of nitrogens with one attached hydrogen (secondary N) is 1. The van der Waals surface area contributed by atoms with E-state index in [1.807, 2.05) is 0 Å². The predicted molar refractivity (Wildman–Crippen MR) is 71.0 cm³/mol. The number of nitrogens with two attached hydrogens (primary N) is 1. The van der Waals surface area contributed by atoms with Gasteiger partial charge in [0.2, 0.25) is 0 Å². The fourth-order valence-corrected chi connectivity index (χ4v) is 1.56. The summed E-state index contributed by atoms with van der Waals surface area (Å²) in [6.45, 7) is 1.35. The Morgan fingerprint density at radius 1 is 1.39 bits per heavy atom. The zero-order valence-electron chi connectivity index (χ0n) is 10.7. The van der Waals surface area contributed by atoms with Crippen LogP contribution in [0.25, 0.3) is 0 Å². The maximum absolute atomic E-state index is 12.9. The molecule has 0 unspecified atom stereocenters. The fraction of sp³-hybridized carbons (Fsp3) is 0.462. The normalized spacial score (nSPS) is 10.2. The van der Waals surface area contributed by atoms with E-state index in [9.17, 15) is 9.18 Å². The van der Waals surface area contributed by atoms with Crippen molar-refractivity contribution < 1.29 is 9.18 Å². The summed E-state index contributed by atoms with van der Waals surface area (Å²) in [6, 6.07) is 5.62. The molecule has 0 saturated heterocycles. The maximum atomic E-state index is 12.9. The lowest BCUT2D eigenvalue weighted by Crippen LogP contribution is -2.32. The second-order valence-corrected chi connectivity index (χ2v) is 4.21. The molecule has 1 aromatic rings. The molecule has 0 aromatic heterocycles. The Bertz CT molecular complexity index is 384. The molecule has 18 heavy (non-hydrogen) atoms. The summed E-state index contributed by atoms with van der Waals surface area (Å²) in [5, 5.41) is 2.65. The van der Waals surface area contributed by atoms with Crippen LogP contribution >= 0.6 is 0 Å². The van der Waals surface area contributed by atoms with Crippen molar-refractivity contribution in [2.75, 3.05) is 25.5 Å². The van der Waals surface area contributed by atoms with E-state index in [1.165, 1.54) is 12.1 Å². The summed E-state index contributed by atoms with van der Waals surface area (Å²) >= 11 is 0. The van der Waals surface area contributed by atoms with E-state index in [-0.39, 0.29) is 11.8 Å². The average Bonchev–Trinajstić information content (AvgIpc) is 2.34. The van der Waals surface area contributed by atoms with Crippen LogP contribution < -0.4 is 11.1 Å². The van der Waals surface area contributed by atoms with Gasteiger partial charge in [0.05, 0.1) is 0 Å².